The van der Waals surface area contributed by atoms with Crippen LogP contribution in [0.4, 0.5) is 23.4 Å². The zero-order valence-electron chi connectivity index (χ0n) is 11.7. The van der Waals surface area contributed by atoms with Gasteiger partial charge in [-0.3, -0.25) is 0 Å². The second kappa shape index (κ2) is 6.04. The number of alkyl halides is 3. The number of hydrogen-bond donors (Lipinski definition) is 2. The molecule has 1 aromatic heterocycles. The van der Waals surface area contributed by atoms with Crippen LogP contribution in [0.15, 0.2) is 21.9 Å². The molecule has 0 radical (unpaired) electrons. The largest absolute Gasteiger partial charge is 0.398 e. The number of aromatic nitrogens is 2. The highest BCUT2D eigenvalue weighted by molar-refractivity contribution is 7.99. The van der Waals surface area contributed by atoms with Crippen molar-refractivity contribution in [2.45, 2.75) is 29.8 Å². The number of benzene rings is 1. The molecule has 120 valence electrons. The molecule has 0 aliphatic heterocycles. The summed E-state index contributed by atoms with van der Waals surface area (Å²) in [6.45, 7) is 3.20. The summed E-state index contributed by atoms with van der Waals surface area (Å²) in [5.74, 6) is -1.53. The predicted molar refractivity (Wildman–Crippen MR) is 81.4 cm³/mol. The summed E-state index contributed by atoms with van der Waals surface area (Å²) in [5, 5.41) is 4.06. The van der Waals surface area contributed by atoms with Crippen LogP contribution in [0, 0.1) is 19.7 Å². The Morgan fingerprint density at radius 3 is 2.45 bits per heavy atom. The highest BCUT2D eigenvalue weighted by Gasteiger charge is 2.28. The van der Waals surface area contributed by atoms with Gasteiger partial charge in [-0.15, -0.1) is 24.4 Å². The van der Waals surface area contributed by atoms with E-state index in [1.54, 1.807) is 13.8 Å². The lowest BCUT2D eigenvalue weighted by Crippen LogP contribution is -2.11. The molecule has 0 amide bonds. The molecule has 1 aromatic carbocycles. The zero-order chi connectivity index (χ0) is 16.7. The van der Waals surface area contributed by atoms with Crippen molar-refractivity contribution in [2.75, 3.05) is 11.5 Å². The van der Waals surface area contributed by atoms with Gasteiger partial charge >= 0.3 is 6.18 Å². The van der Waals surface area contributed by atoms with E-state index in [1.807, 2.05) is 0 Å². The van der Waals surface area contributed by atoms with Crippen LogP contribution in [0.1, 0.15) is 11.3 Å². The van der Waals surface area contributed by atoms with Crippen LogP contribution in [0.25, 0.3) is 5.69 Å². The molecule has 2 rings (SSSR count). The number of thioether (sulfide) groups is 1. The van der Waals surface area contributed by atoms with Gasteiger partial charge in [0.1, 0.15) is 17.3 Å². The minimum atomic E-state index is -4.30. The Kier molecular flexibility index (Phi) is 4.67. The summed E-state index contributed by atoms with van der Waals surface area (Å²) < 4.78 is 52.3. The lowest BCUT2D eigenvalue weighted by Gasteiger charge is -2.12. The van der Waals surface area contributed by atoms with Crippen LogP contribution < -0.4 is 5.73 Å². The van der Waals surface area contributed by atoms with E-state index in [0.717, 1.165) is 4.68 Å². The van der Waals surface area contributed by atoms with E-state index in [1.165, 1.54) is 12.1 Å². The van der Waals surface area contributed by atoms with Crippen LogP contribution in [-0.4, -0.2) is 21.7 Å². The molecule has 0 saturated carbocycles. The van der Waals surface area contributed by atoms with Gasteiger partial charge < -0.3 is 5.73 Å². The van der Waals surface area contributed by atoms with Crippen LogP contribution in [0.5, 0.6) is 0 Å². The minimum absolute atomic E-state index is 0.00354. The highest BCUT2D eigenvalue weighted by Crippen LogP contribution is 2.33. The van der Waals surface area contributed by atoms with Crippen molar-refractivity contribution >= 4 is 30.2 Å². The second-order valence-electron chi connectivity index (χ2n) is 4.70. The third kappa shape index (κ3) is 3.52. The van der Waals surface area contributed by atoms with Crippen molar-refractivity contribution in [3.05, 3.63) is 29.2 Å². The molecule has 9 heteroatoms. The zero-order valence-corrected chi connectivity index (χ0v) is 13.4. The molecule has 0 fully saturated rings. The average Bonchev–Trinajstić information content (AvgIpc) is 2.64. The van der Waals surface area contributed by atoms with Crippen LogP contribution in [0.3, 0.4) is 0 Å². The van der Waals surface area contributed by atoms with E-state index in [2.05, 4.69) is 17.7 Å². The Morgan fingerprint density at radius 1 is 1.32 bits per heavy atom. The van der Waals surface area contributed by atoms with Crippen molar-refractivity contribution in [1.82, 2.24) is 9.78 Å². The number of halogens is 4. The van der Waals surface area contributed by atoms with Crippen LogP contribution >= 0.6 is 24.4 Å². The number of rotatable bonds is 3. The van der Waals surface area contributed by atoms with Gasteiger partial charge in [0.2, 0.25) is 0 Å². The van der Waals surface area contributed by atoms with Gasteiger partial charge in [-0.25, -0.2) is 9.07 Å². The molecular weight excluding hydrogens is 338 g/mol. The van der Waals surface area contributed by atoms with Crippen molar-refractivity contribution in [3.8, 4) is 5.69 Å². The number of nitrogens with zero attached hydrogens (tertiary/aromatic N) is 2. The first-order valence-electron chi connectivity index (χ1n) is 6.14. The average molecular weight is 351 g/mol. The van der Waals surface area contributed by atoms with Gasteiger partial charge in [0.25, 0.3) is 0 Å². The number of aryl methyl sites for hydroxylation is 2. The first kappa shape index (κ1) is 17.0. The van der Waals surface area contributed by atoms with Gasteiger partial charge in [0.15, 0.2) is 0 Å². The van der Waals surface area contributed by atoms with Gasteiger partial charge in [-0.1, -0.05) is 0 Å². The van der Waals surface area contributed by atoms with E-state index in [-0.39, 0.29) is 11.5 Å². The SMILES string of the molecule is Cc1cc(F)c(-n2nc(C)c(S)c2N)cc1SCC(F)(F)F. The monoisotopic (exact) mass is 351 g/mol. The molecular formula is C13H13F4N3S2. The van der Waals surface area contributed by atoms with E-state index in [4.69, 9.17) is 5.73 Å². The fourth-order valence-electron chi connectivity index (χ4n) is 1.84. The van der Waals surface area contributed by atoms with E-state index in [9.17, 15) is 17.6 Å². The molecule has 0 spiro atoms. The second-order valence-corrected chi connectivity index (χ2v) is 6.17. The highest BCUT2D eigenvalue weighted by atomic mass is 32.2. The van der Waals surface area contributed by atoms with Gasteiger partial charge in [0.05, 0.1) is 16.3 Å². The van der Waals surface area contributed by atoms with Crippen LogP contribution in [-0.2, 0) is 0 Å². The fourth-order valence-corrected chi connectivity index (χ4v) is 2.78. The smallest absolute Gasteiger partial charge is 0.383 e. The first-order chi connectivity index (χ1) is 10.1. The lowest BCUT2D eigenvalue weighted by atomic mass is 10.2. The molecule has 0 bridgehead atoms. The number of nitrogens with two attached hydrogens (primary N) is 1. The molecule has 0 atom stereocenters. The number of hydrogen-bond acceptors (Lipinski definition) is 4. The maximum absolute atomic E-state index is 14.1. The summed E-state index contributed by atoms with van der Waals surface area (Å²) in [7, 11) is 0. The molecule has 0 aliphatic rings. The number of thiol groups is 1. The summed E-state index contributed by atoms with van der Waals surface area (Å²) in [6, 6.07) is 2.49. The Hall–Kier alpha value is -1.35. The third-order valence-electron chi connectivity index (χ3n) is 2.93. The summed E-state index contributed by atoms with van der Waals surface area (Å²) in [5.41, 5.74) is 6.73. The molecule has 1 heterocycles. The number of anilines is 1. The van der Waals surface area contributed by atoms with Crippen molar-refractivity contribution < 1.29 is 17.6 Å². The molecule has 22 heavy (non-hydrogen) atoms. The lowest BCUT2D eigenvalue weighted by molar-refractivity contribution is -0.105. The molecule has 0 saturated heterocycles. The van der Waals surface area contributed by atoms with Gasteiger partial charge in [-0.2, -0.15) is 18.3 Å². The molecule has 0 unspecified atom stereocenters. The van der Waals surface area contributed by atoms with E-state index >= 15 is 0 Å². The van der Waals surface area contributed by atoms with Crippen LogP contribution in [0.2, 0.25) is 0 Å². The molecule has 3 nitrogen and oxygen atoms in total. The maximum atomic E-state index is 14.1. The number of nitrogen functional groups attached to an aromatic ring is 1. The summed E-state index contributed by atoms with van der Waals surface area (Å²) in [4.78, 5) is 0.728. The Morgan fingerprint density at radius 2 is 1.95 bits per heavy atom. The quantitative estimate of drug-likeness (QED) is 0.496. The molecule has 2 aromatic rings. The van der Waals surface area contributed by atoms with Crippen molar-refractivity contribution in [2.24, 2.45) is 0 Å². The van der Waals surface area contributed by atoms with Gasteiger partial charge in [-0.05, 0) is 31.5 Å². The Balaban J connectivity index is 2.46. The first-order valence-corrected chi connectivity index (χ1v) is 7.57. The molecule has 0 aliphatic carbocycles. The van der Waals surface area contributed by atoms with Crippen molar-refractivity contribution in [3.63, 3.8) is 0 Å². The standard InChI is InChI=1S/C13H13F4N3S2/c1-6-3-8(14)9(4-10(6)22-5-13(15,16)17)20-12(18)11(21)7(2)19-20/h3-4,21H,5,18H2,1-2H3. The minimum Gasteiger partial charge on any atom is -0.383 e. The van der Waals surface area contributed by atoms with E-state index < -0.39 is 17.7 Å². The maximum Gasteiger partial charge on any atom is 0.398 e. The Bertz CT molecular complexity index is 710. The molecule has 2 N–H and O–H groups in total. The predicted octanol–water partition coefficient (Wildman–Crippen LogP) is 4.15. The summed E-state index contributed by atoms with van der Waals surface area (Å²) in [6.07, 6.45) is -4.30. The normalized spacial score (nSPS) is 12.0. The Labute approximate surface area is 134 Å². The third-order valence-corrected chi connectivity index (χ3v) is 4.70. The summed E-state index contributed by atoms with van der Waals surface area (Å²) >= 11 is 4.75. The topological polar surface area (TPSA) is 43.8 Å². The van der Waals surface area contributed by atoms with Crippen molar-refractivity contribution in [1.29, 1.82) is 0 Å². The van der Waals surface area contributed by atoms with E-state index in [0.29, 0.717) is 32.8 Å². The van der Waals surface area contributed by atoms with Gasteiger partial charge in [0, 0.05) is 4.90 Å². The fraction of sp³-hybridized carbons (Fsp3) is 0.308.